The molecular weight excluding hydrogens is 299 g/mol. The largest absolute Gasteiger partial charge is 0.465 e. The Kier molecular flexibility index (Phi) is 3.77. The highest BCUT2D eigenvalue weighted by Gasteiger charge is 2.20. The molecule has 4 heteroatoms. The molecule has 0 radical (unpaired) electrons. The topological polar surface area (TPSA) is 26.3 Å². The molecular formula is C14H10BrFO2. The molecule has 92 valence electrons. The molecule has 0 aromatic heterocycles. The SMILES string of the molecule is COC(=O)c1c(Br)ccc(-c2ccccc2)c1F. The fourth-order valence-electron chi connectivity index (χ4n) is 1.68. The minimum atomic E-state index is -0.697. The van der Waals surface area contributed by atoms with E-state index in [1.807, 2.05) is 18.2 Å². The van der Waals surface area contributed by atoms with E-state index >= 15 is 0 Å². The first-order valence-electron chi connectivity index (χ1n) is 5.27. The van der Waals surface area contributed by atoms with Gasteiger partial charge in [-0.2, -0.15) is 0 Å². The summed E-state index contributed by atoms with van der Waals surface area (Å²) in [7, 11) is 1.23. The van der Waals surface area contributed by atoms with Crippen LogP contribution in [0.2, 0.25) is 0 Å². The third-order valence-corrected chi connectivity index (χ3v) is 3.23. The van der Waals surface area contributed by atoms with Gasteiger partial charge in [-0.1, -0.05) is 36.4 Å². The van der Waals surface area contributed by atoms with Crippen molar-refractivity contribution in [2.45, 2.75) is 0 Å². The molecule has 0 aliphatic heterocycles. The number of carbonyl (C=O) groups is 1. The van der Waals surface area contributed by atoms with Gasteiger partial charge >= 0.3 is 5.97 Å². The van der Waals surface area contributed by atoms with E-state index in [4.69, 9.17) is 0 Å². The number of hydrogen-bond acceptors (Lipinski definition) is 2. The van der Waals surface area contributed by atoms with E-state index in [-0.39, 0.29) is 5.56 Å². The first kappa shape index (κ1) is 12.8. The second kappa shape index (κ2) is 5.31. The van der Waals surface area contributed by atoms with Gasteiger partial charge in [-0.05, 0) is 27.6 Å². The first-order chi connectivity index (χ1) is 8.65. The van der Waals surface area contributed by atoms with E-state index in [9.17, 15) is 9.18 Å². The molecule has 0 saturated heterocycles. The summed E-state index contributed by atoms with van der Waals surface area (Å²) in [6, 6.07) is 12.3. The third-order valence-electron chi connectivity index (χ3n) is 2.57. The summed E-state index contributed by atoms with van der Waals surface area (Å²) in [4.78, 5) is 11.5. The summed E-state index contributed by atoms with van der Waals surface area (Å²) in [5, 5.41) is 0. The Labute approximate surface area is 113 Å². The van der Waals surface area contributed by atoms with Crippen molar-refractivity contribution in [3.05, 3.63) is 58.3 Å². The summed E-state index contributed by atoms with van der Waals surface area (Å²) in [5.41, 5.74) is 1.01. The van der Waals surface area contributed by atoms with E-state index < -0.39 is 11.8 Å². The Hall–Kier alpha value is -1.68. The van der Waals surface area contributed by atoms with Crippen LogP contribution in [0.4, 0.5) is 4.39 Å². The van der Waals surface area contributed by atoms with Crippen LogP contribution in [0.25, 0.3) is 11.1 Å². The molecule has 2 aromatic rings. The Morgan fingerprint density at radius 1 is 1.17 bits per heavy atom. The maximum atomic E-state index is 14.3. The van der Waals surface area contributed by atoms with Crippen molar-refractivity contribution >= 4 is 21.9 Å². The minimum absolute atomic E-state index is 0.0844. The summed E-state index contributed by atoms with van der Waals surface area (Å²) >= 11 is 3.15. The van der Waals surface area contributed by atoms with Gasteiger partial charge in [0.15, 0.2) is 0 Å². The van der Waals surface area contributed by atoms with Crippen LogP contribution in [0.3, 0.4) is 0 Å². The van der Waals surface area contributed by atoms with Crippen molar-refractivity contribution in [2.75, 3.05) is 7.11 Å². The molecule has 2 rings (SSSR count). The molecule has 0 aliphatic carbocycles. The molecule has 0 atom stereocenters. The zero-order chi connectivity index (χ0) is 13.1. The van der Waals surface area contributed by atoms with Gasteiger partial charge in [-0.25, -0.2) is 9.18 Å². The number of carbonyl (C=O) groups excluding carboxylic acids is 1. The summed E-state index contributed by atoms with van der Waals surface area (Å²) < 4.78 is 19.3. The maximum Gasteiger partial charge on any atom is 0.342 e. The van der Waals surface area contributed by atoms with Crippen LogP contribution >= 0.6 is 15.9 Å². The van der Waals surface area contributed by atoms with Crippen LogP contribution in [0.5, 0.6) is 0 Å². The number of esters is 1. The smallest absolute Gasteiger partial charge is 0.342 e. The van der Waals surface area contributed by atoms with Crippen LogP contribution < -0.4 is 0 Å². The first-order valence-corrected chi connectivity index (χ1v) is 6.06. The fourth-order valence-corrected chi connectivity index (χ4v) is 2.15. The zero-order valence-corrected chi connectivity index (χ0v) is 11.2. The second-order valence-corrected chi connectivity index (χ2v) is 4.50. The zero-order valence-electron chi connectivity index (χ0n) is 9.61. The average molecular weight is 309 g/mol. The lowest BCUT2D eigenvalue weighted by Gasteiger charge is -2.09. The quantitative estimate of drug-likeness (QED) is 0.783. The van der Waals surface area contributed by atoms with Crippen molar-refractivity contribution in [3.8, 4) is 11.1 Å². The number of halogens is 2. The molecule has 0 amide bonds. The van der Waals surface area contributed by atoms with Crippen molar-refractivity contribution in [3.63, 3.8) is 0 Å². The Morgan fingerprint density at radius 3 is 2.44 bits per heavy atom. The molecule has 2 nitrogen and oxygen atoms in total. The Balaban J connectivity index is 2.62. The molecule has 0 heterocycles. The van der Waals surface area contributed by atoms with Crippen LogP contribution in [-0.4, -0.2) is 13.1 Å². The monoisotopic (exact) mass is 308 g/mol. The summed E-state index contributed by atoms with van der Waals surface area (Å²) in [6.07, 6.45) is 0. The lowest BCUT2D eigenvalue weighted by molar-refractivity contribution is 0.0594. The van der Waals surface area contributed by atoms with Gasteiger partial charge in [0.25, 0.3) is 0 Å². The lowest BCUT2D eigenvalue weighted by Crippen LogP contribution is -2.06. The third kappa shape index (κ3) is 2.29. The van der Waals surface area contributed by atoms with Crippen molar-refractivity contribution in [1.82, 2.24) is 0 Å². The summed E-state index contributed by atoms with van der Waals surface area (Å²) in [5.74, 6) is -1.28. The van der Waals surface area contributed by atoms with Crippen molar-refractivity contribution in [1.29, 1.82) is 0 Å². The average Bonchev–Trinajstić information content (AvgIpc) is 2.39. The van der Waals surface area contributed by atoms with Crippen LogP contribution in [0.15, 0.2) is 46.9 Å². The van der Waals surface area contributed by atoms with E-state index in [2.05, 4.69) is 20.7 Å². The van der Waals surface area contributed by atoms with Crippen LogP contribution in [0.1, 0.15) is 10.4 Å². The van der Waals surface area contributed by atoms with E-state index in [1.165, 1.54) is 7.11 Å². The fraction of sp³-hybridized carbons (Fsp3) is 0.0714. The molecule has 0 bridgehead atoms. The van der Waals surface area contributed by atoms with Gasteiger partial charge in [0.2, 0.25) is 0 Å². The van der Waals surface area contributed by atoms with Crippen LogP contribution in [0, 0.1) is 5.82 Å². The standard InChI is InChI=1S/C14H10BrFO2/c1-18-14(17)12-11(15)8-7-10(13(12)16)9-5-3-2-4-6-9/h2-8H,1H3. The highest BCUT2D eigenvalue weighted by Crippen LogP contribution is 2.30. The van der Waals surface area contributed by atoms with Gasteiger partial charge in [-0.15, -0.1) is 0 Å². The van der Waals surface area contributed by atoms with E-state index in [1.54, 1.807) is 24.3 Å². The number of methoxy groups -OCH3 is 1. The van der Waals surface area contributed by atoms with E-state index in [0.29, 0.717) is 15.6 Å². The van der Waals surface area contributed by atoms with Crippen molar-refractivity contribution < 1.29 is 13.9 Å². The Bertz CT molecular complexity index is 582. The van der Waals surface area contributed by atoms with Crippen molar-refractivity contribution in [2.24, 2.45) is 0 Å². The minimum Gasteiger partial charge on any atom is -0.465 e. The van der Waals surface area contributed by atoms with Gasteiger partial charge in [-0.3, -0.25) is 0 Å². The van der Waals surface area contributed by atoms with E-state index in [0.717, 1.165) is 0 Å². The Morgan fingerprint density at radius 2 is 1.83 bits per heavy atom. The highest BCUT2D eigenvalue weighted by atomic mass is 79.9. The molecule has 18 heavy (non-hydrogen) atoms. The molecule has 0 unspecified atom stereocenters. The number of benzene rings is 2. The van der Waals surface area contributed by atoms with Gasteiger partial charge in [0.05, 0.1) is 7.11 Å². The van der Waals surface area contributed by atoms with Gasteiger partial charge in [0, 0.05) is 10.0 Å². The summed E-state index contributed by atoms with van der Waals surface area (Å²) in [6.45, 7) is 0. The van der Waals surface area contributed by atoms with Gasteiger partial charge in [0.1, 0.15) is 11.4 Å². The van der Waals surface area contributed by atoms with Gasteiger partial charge < -0.3 is 4.74 Å². The predicted molar refractivity (Wildman–Crippen MR) is 70.9 cm³/mol. The molecule has 0 aliphatic rings. The lowest BCUT2D eigenvalue weighted by atomic mass is 10.0. The highest BCUT2D eigenvalue weighted by molar-refractivity contribution is 9.10. The molecule has 0 fully saturated rings. The predicted octanol–water partition coefficient (Wildman–Crippen LogP) is 4.04. The molecule has 0 spiro atoms. The molecule has 2 aromatic carbocycles. The molecule has 0 saturated carbocycles. The normalized spacial score (nSPS) is 10.2. The molecule has 0 N–H and O–H groups in total. The number of rotatable bonds is 2. The maximum absolute atomic E-state index is 14.3. The second-order valence-electron chi connectivity index (χ2n) is 3.64. The number of ether oxygens (including phenoxy) is 1. The number of hydrogen-bond donors (Lipinski definition) is 0. The van der Waals surface area contributed by atoms with Crippen LogP contribution in [-0.2, 0) is 4.74 Å².